The fourth-order valence-electron chi connectivity index (χ4n) is 5.14. The Morgan fingerprint density at radius 3 is 1.76 bits per heavy atom. The molecule has 2 rings (SSSR count). The van der Waals surface area contributed by atoms with Gasteiger partial charge in [0.1, 0.15) is 5.75 Å². The molecule has 1 aromatic carbocycles. The third kappa shape index (κ3) is 16.3. The van der Waals surface area contributed by atoms with Crippen LogP contribution in [0.1, 0.15) is 122 Å². The van der Waals surface area contributed by atoms with Crippen LogP contribution in [0.5, 0.6) is 5.75 Å². The van der Waals surface area contributed by atoms with E-state index in [4.69, 9.17) is 4.74 Å². The average molecular weight is 536 g/mol. The van der Waals surface area contributed by atoms with Crippen molar-refractivity contribution in [2.24, 2.45) is 0 Å². The molecule has 0 aliphatic carbocycles. The Kier molecular flexibility index (Phi) is 20.7. The molecule has 1 saturated heterocycles. The number of rotatable bonds is 21. The first-order valence-electron chi connectivity index (χ1n) is 15.4. The van der Waals surface area contributed by atoms with Crippen molar-refractivity contribution in [1.82, 2.24) is 9.80 Å². The molecule has 1 aliphatic rings. The van der Waals surface area contributed by atoms with E-state index in [1.165, 1.54) is 96.3 Å². The molecule has 5 heteroatoms. The number of hydrogen-bond acceptors (Lipinski definition) is 3. The van der Waals surface area contributed by atoms with Gasteiger partial charge in [0.25, 0.3) is 0 Å². The summed E-state index contributed by atoms with van der Waals surface area (Å²) in [5.41, 5.74) is 1.16. The van der Waals surface area contributed by atoms with Crippen molar-refractivity contribution >= 4 is 5.91 Å². The molecule has 0 unspecified atom stereocenters. The number of para-hydroxylation sites is 1. The molecular formula is C32H56ClN2O2-. The number of halogens is 1. The van der Waals surface area contributed by atoms with Gasteiger partial charge in [-0.15, -0.1) is 0 Å². The predicted molar refractivity (Wildman–Crippen MR) is 154 cm³/mol. The number of nitrogens with zero attached hydrogens (tertiary/aromatic N) is 2. The summed E-state index contributed by atoms with van der Waals surface area (Å²) in [7, 11) is 2.12. The molecule has 0 radical (unpaired) electrons. The summed E-state index contributed by atoms with van der Waals surface area (Å²) in [5.74, 6) is 1.24. The van der Waals surface area contributed by atoms with Crippen molar-refractivity contribution < 1.29 is 21.9 Å². The Labute approximate surface area is 235 Å². The van der Waals surface area contributed by atoms with Gasteiger partial charge in [-0.05, 0) is 31.5 Å². The van der Waals surface area contributed by atoms with Crippen molar-refractivity contribution in [3.8, 4) is 5.75 Å². The van der Waals surface area contributed by atoms with Crippen molar-refractivity contribution in [2.45, 2.75) is 122 Å². The van der Waals surface area contributed by atoms with Gasteiger partial charge in [0.15, 0.2) is 0 Å². The first-order chi connectivity index (χ1) is 17.7. The number of amides is 1. The summed E-state index contributed by atoms with van der Waals surface area (Å²) >= 11 is 0. The highest BCUT2D eigenvalue weighted by molar-refractivity contribution is 5.76. The highest BCUT2D eigenvalue weighted by Gasteiger charge is 2.19. The quantitative estimate of drug-likeness (QED) is 0.207. The Morgan fingerprint density at radius 1 is 0.730 bits per heavy atom. The fraction of sp³-hybridized carbons (Fsp3) is 0.781. The Bertz CT molecular complexity index is 677. The summed E-state index contributed by atoms with van der Waals surface area (Å²) < 4.78 is 6.12. The Hall–Kier alpha value is -1.26. The van der Waals surface area contributed by atoms with Crippen molar-refractivity contribution in [3.05, 3.63) is 29.8 Å². The second-order valence-corrected chi connectivity index (χ2v) is 10.9. The lowest BCUT2D eigenvalue weighted by Gasteiger charge is -2.32. The van der Waals surface area contributed by atoms with Crippen LogP contribution in [-0.4, -0.2) is 55.5 Å². The minimum atomic E-state index is 0. The van der Waals surface area contributed by atoms with Crippen LogP contribution in [0.2, 0.25) is 0 Å². The normalized spacial score (nSPS) is 13.9. The molecule has 0 spiro atoms. The number of carbonyl (C=O) groups excluding carboxylic acids is 1. The van der Waals surface area contributed by atoms with Gasteiger partial charge in [0.2, 0.25) is 5.91 Å². The lowest BCUT2D eigenvalue weighted by atomic mass is 10.0. The highest BCUT2D eigenvalue weighted by Crippen LogP contribution is 2.21. The fourth-order valence-corrected chi connectivity index (χ4v) is 5.14. The minimum absolute atomic E-state index is 0. The zero-order valence-electron chi connectivity index (χ0n) is 24.2. The summed E-state index contributed by atoms with van der Waals surface area (Å²) in [6.07, 6.45) is 23.5. The van der Waals surface area contributed by atoms with Crippen LogP contribution in [0.15, 0.2) is 24.3 Å². The number of aryl methyl sites for hydroxylation is 1. The number of unbranched alkanes of at least 4 members (excludes halogenated alkanes) is 15. The number of likely N-dealkylation sites (N-methyl/N-ethyl adjacent to an activating group) is 1. The van der Waals surface area contributed by atoms with E-state index in [0.29, 0.717) is 6.42 Å². The van der Waals surface area contributed by atoms with Gasteiger partial charge in [0.05, 0.1) is 6.61 Å². The molecule has 37 heavy (non-hydrogen) atoms. The smallest absolute Gasteiger partial charge is 0.222 e. The van der Waals surface area contributed by atoms with Crippen LogP contribution >= 0.6 is 0 Å². The second-order valence-electron chi connectivity index (χ2n) is 10.9. The SMILES string of the molecule is CCCCCCCCCCCCCCCCCCOc1ccccc1CCC(=O)N1CCN(C)CC1.[Cl-]. The van der Waals surface area contributed by atoms with Gasteiger partial charge >= 0.3 is 0 Å². The van der Waals surface area contributed by atoms with E-state index in [2.05, 4.69) is 37.1 Å². The van der Waals surface area contributed by atoms with Gasteiger partial charge in [-0.2, -0.15) is 0 Å². The zero-order chi connectivity index (χ0) is 25.7. The average Bonchev–Trinajstić information content (AvgIpc) is 2.90. The van der Waals surface area contributed by atoms with Crippen LogP contribution < -0.4 is 17.1 Å². The summed E-state index contributed by atoms with van der Waals surface area (Å²) in [6, 6.07) is 8.26. The molecule has 0 N–H and O–H groups in total. The van der Waals surface area contributed by atoms with Crippen molar-refractivity contribution in [2.75, 3.05) is 39.8 Å². The topological polar surface area (TPSA) is 32.8 Å². The van der Waals surface area contributed by atoms with Crippen molar-refractivity contribution in [1.29, 1.82) is 0 Å². The van der Waals surface area contributed by atoms with Gasteiger partial charge in [-0.1, -0.05) is 121 Å². The highest BCUT2D eigenvalue weighted by atomic mass is 35.5. The lowest BCUT2D eigenvalue weighted by Crippen LogP contribution is -3.00. The van der Waals surface area contributed by atoms with Crippen LogP contribution in [0.4, 0.5) is 0 Å². The third-order valence-corrected chi connectivity index (χ3v) is 7.69. The molecule has 0 bridgehead atoms. The van der Waals surface area contributed by atoms with Gasteiger partial charge in [-0.25, -0.2) is 0 Å². The Morgan fingerprint density at radius 2 is 1.22 bits per heavy atom. The second kappa shape index (κ2) is 22.7. The van der Waals surface area contributed by atoms with E-state index < -0.39 is 0 Å². The molecule has 214 valence electrons. The monoisotopic (exact) mass is 535 g/mol. The first kappa shape index (κ1) is 33.8. The molecule has 1 aromatic rings. The molecule has 4 nitrogen and oxygen atoms in total. The molecule has 0 atom stereocenters. The maximum absolute atomic E-state index is 12.6. The number of benzene rings is 1. The largest absolute Gasteiger partial charge is 1.00 e. The number of piperazine rings is 1. The van der Waals surface area contributed by atoms with E-state index in [-0.39, 0.29) is 18.3 Å². The summed E-state index contributed by atoms with van der Waals surface area (Å²) in [5, 5.41) is 0. The van der Waals surface area contributed by atoms with E-state index >= 15 is 0 Å². The standard InChI is InChI=1S/C32H56N2O2.ClH/c1-3-4-5-6-7-8-9-10-11-12-13-14-15-16-17-20-29-36-31-22-19-18-21-30(31)23-24-32(35)34-27-25-33(2)26-28-34;/h18-19,21-22H,3-17,20,23-29H2,1-2H3;1H/p-1. The molecule has 1 fully saturated rings. The van der Waals surface area contributed by atoms with Crippen molar-refractivity contribution in [3.63, 3.8) is 0 Å². The van der Waals surface area contributed by atoms with Crippen LogP contribution in [-0.2, 0) is 11.2 Å². The van der Waals surface area contributed by atoms with Gasteiger partial charge in [0, 0.05) is 32.6 Å². The summed E-state index contributed by atoms with van der Waals surface area (Å²) in [4.78, 5) is 16.9. The zero-order valence-corrected chi connectivity index (χ0v) is 24.9. The molecule has 0 saturated carbocycles. The molecular weight excluding hydrogens is 480 g/mol. The van der Waals surface area contributed by atoms with Crippen LogP contribution in [0.3, 0.4) is 0 Å². The lowest BCUT2D eigenvalue weighted by molar-refractivity contribution is -0.132. The predicted octanol–water partition coefficient (Wildman–Crippen LogP) is 5.04. The number of carbonyl (C=O) groups is 1. The molecule has 1 heterocycles. The van der Waals surface area contributed by atoms with Gasteiger partial charge < -0.3 is 26.9 Å². The van der Waals surface area contributed by atoms with Gasteiger partial charge in [-0.3, -0.25) is 4.79 Å². The number of hydrogen-bond donors (Lipinski definition) is 0. The Balaban J connectivity index is 0.00000684. The molecule has 0 aromatic heterocycles. The van der Waals surface area contributed by atoms with Crippen LogP contribution in [0.25, 0.3) is 0 Å². The maximum atomic E-state index is 12.6. The van der Waals surface area contributed by atoms with E-state index in [1.807, 2.05) is 11.0 Å². The van der Waals surface area contributed by atoms with Crippen LogP contribution in [0, 0.1) is 0 Å². The van der Waals surface area contributed by atoms with E-state index in [9.17, 15) is 4.79 Å². The summed E-state index contributed by atoms with van der Waals surface area (Å²) in [6.45, 7) is 6.73. The van der Waals surface area contributed by atoms with E-state index in [1.54, 1.807) is 0 Å². The third-order valence-electron chi connectivity index (χ3n) is 7.69. The number of ether oxygens (including phenoxy) is 1. The molecule has 1 amide bonds. The first-order valence-corrected chi connectivity index (χ1v) is 15.4. The maximum Gasteiger partial charge on any atom is 0.222 e. The molecule has 1 aliphatic heterocycles. The van der Waals surface area contributed by atoms with E-state index in [0.717, 1.165) is 56.9 Å². The minimum Gasteiger partial charge on any atom is -1.00 e.